The second-order valence-corrected chi connectivity index (χ2v) is 5.00. The molecule has 21 heavy (non-hydrogen) atoms. The van der Waals surface area contributed by atoms with Crippen molar-refractivity contribution in [2.24, 2.45) is 0 Å². The summed E-state index contributed by atoms with van der Waals surface area (Å²) < 4.78 is 5.11. The van der Waals surface area contributed by atoms with Crippen molar-refractivity contribution >= 4 is 11.5 Å². The summed E-state index contributed by atoms with van der Waals surface area (Å²) in [5, 5.41) is 0. The molecule has 0 amide bonds. The normalized spacial score (nSPS) is 10.2. The van der Waals surface area contributed by atoms with Gasteiger partial charge in [-0.05, 0) is 50.2 Å². The molecule has 0 aliphatic rings. The minimum atomic E-state index is 0.111. The quantitative estimate of drug-likeness (QED) is 0.757. The van der Waals surface area contributed by atoms with Gasteiger partial charge in [-0.1, -0.05) is 17.7 Å². The number of anilines is 1. The first-order valence-electron chi connectivity index (χ1n) is 7.13. The average Bonchev–Trinajstić information content (AvgIpc) is 2.53. The number of hydrogen-bond donors (Lipinski definition) is 0. The van der Waals surface area contributed by atoms with Gasteiger partial charge in [0.25, 0.3) is 0 Å². The molecule has 3 nitrogen and oxygen atoms in total. The smallest absolute Gasteiger partial charge is 0.182 e. The molecule has 110 valence electrons. The van der Waals surface area contributed by atoms with Crippen molar-refractivity contribution in [3.8, 4) is 5.75 Å². The number of Topliss-reactive ketones (excluding diaryl/α,β-unsaturated/α-hetero) is 1. The van der Waals surface area contributed by atoms with Crippen LogP contribution in [0.5, 0.6) is 5.75 Å². The van der Waals surface area contributed by atoms with Crippen LogP contribution in [0, 0.1) is 6.92 Å². The van der Waals surface area contributed by atoms with Gasteiger partial charge in [-0.15, -0.1) is 0 Å². The van der Waals surface area contributed by atoms with Gasteiger partial charge in [0.05, 0.1) is 13.7 Å². The van der Waals surface area contributed by atoms with Crippen molar-refractivity contribution < 1.29 is 9.53 Å². The number of aryl methyl sites for hydroxylation is 1. The minimum Gasteiger partial charge on any atom is -0.497 e. The zero-order chi connectivity index (χ0) is 15.2. The standard InChI is InChI=1S/C18H21NO2/c1-4-19(16-9-5-14(2)6-10-16)13-18(20)15-7-11-17(21-3)12-8-15/h5-12H,4,13H2,1-3H3. The van der Waals surface area contributed by atoms with Crippen LogP contribution in [-0.2, 0) is 0 Å². The van der Waals surface area contributed by atoms with Crippen molar-refractivity contribution in [1.82, 2.24) is 0 Å². The van der Waals surface area contributed by atoms with Crippen molar-refractivity contribution in [2.45, 2.75) is 13.8 Å². The first-order chi connectivity index (χ1) is 10.1. The summed E-state index contributed by atoms with van der Waals surface area (Å²) in [7, 11) is 1.62. The molecule has 0 saturated carbocycles. The lowest BCUT2D eigenvalue weighted by atomic mass is 10.1. The van der Waals surface area contributed by atoms with Crippen LogP contribution in [0.1, 0.15) is 22.8 Å². The number of methoxy groups -OCH3 is 1. The van der Waals surface area contributed by atoms with Crippen molar-refractivity contribution in [1.29, 1.82) is 0 Å². The molecule has 0 bridgehead atoms. The molecule has 0 spiro atoms. The highest BCUT2D eigenvalue weighted by molar-refractivity contribution is 5.99. The maximum atomic E-state index is 12.4. The average molecular weight is 283 g/mol. The predicted octanol–water partition coefficient (Wildman–Crippen LogP) is 3.71. The van der Waals surface area contributed by atoms with Gasteiger partial charge in [-0.3, -0.25) is 4.79 Å². The largest absolute Gasteiger partial charge is 0.497 e. The molecule has 0 N–H and O–H groups in total. The predicted molar refractivity (Wildman–Crippen MR) is 86.4 cm³/mol. The van der Waals surface area contributed by atoms with Crippen LogP contribution < -0.4 is 9.64 Å². The van der Waals surface area contributed by atoms with E-state index >= 15 is 0 Å². The van der Waals surface area contributed by atoms with Gasteiger partial charge in [0.2, 0.25) is 0 Å². The zero-order valence-corrected chi connectivity index (χ0v) is 12.8. The molecule has 0 saturated heterocycles. The van der Waals surface area contributed by atoms with Gasteiger partial charge in [-0.25, -0.2) is 0 Å². The van der Waals surface area contributed by atoms with E-state index in [2.05, 4.69) is 43.0 Å². The maximum absolute atomic E-state index is 12.4. The lowest BCUT2D eigenvalue weighted by Crippen LogP contribution is -2.29. The molecule has 0 aromatic heterocycles. The first-order valence-corrected chi connectivity index (χ1v) is 7.13. The molecule has 0 heterocycles. The Morgan fingerprint density at radius 1 is 1.05 bits per heavy atom. The Hall–Kier alpha value is -2.29. The highest BCUT2D eigenvalue weighted by Crippen LogP contribution is 2.17. The van der Waals surface area contributed by atoms with E-state index in [0.717, 1.165) is 18.0 Å². The Labute approximate surface area is 126 Å². The molecule has 0 aliphatic heterocycles. The third-order valence-electron chi connectivity index (χ3n) is 3.53. The molecule has 0 fully saturated rings. The van der Waals surface area contributed by atoms with Crippen molar-refractivity contribution in [2.75, 3.05) is 25.1 Å². The Kier molecular flexibility index (Phi) is 4.99. The SMILES string of the molecule is CCN(CC(=O)c1ccc(OC)cc1)c1ccc(C)cc1. The fourth-order valence-electron chi connectivity index (χ4n) is 2.18. The minimum absolute atomic E-state index is 0.111. The summed E-state index contributed by atoms with van der Waals surface area (Å²) in [6.07, 6.45) is 0. The van der Waals surface area contributed by atoms with Gasteiger partial charge in [-0.2, -0.15) is 0 Å². The summed E-state index contributed by atoms with van der Waals surface area (Å²) in [5.41, 5.74) is 3.00. The van der Waals surface area contributed by atoms with Crippen LogP contribution in [0.4, 0.5) is 5.69 Å². The van der Waals surface area contributed by atoms with E-state index in [1.165, 1.54) is 5.56 Å². The van der Waals surface area contributed by atoms with Crippen LogP contribution in [0.15, 0.2) is 48.5 Å². The topological polar surface area (TPSA) is 29.5 Å². The number of rotatable bonds is 6. The number of likely N-dealkylation sites (N-methyl/N-ethyl adjacent to an activating group) is 1. The van der Waals surface area contributed by atoms with Crippen LogP contribution in [-0.4, -0.2) is 26.0 Å². The monoisotopic (exact) mass is 283 g/mol. The number of hydrogen-bond acceptors (Lipinski definition) is 3. The van der Waals surface area contributed by atoms with E-state index < -0.39 is 0 Å². The fraction of sp³-hybridized carbons (Fsp3) is 0.278. The third kappa shape index (κ3) is 3.85. The van der Waals surface area contributed by atoms with Gasteiger partial charge in [0.1, 0.15) is 5.75 Å². The first kappa shape index (κ1) is 15.1. The summed E-state index contributed by atoms with van der Waals surface area (Å²) in [6, 6.07) is 15.5. The van der Waals surface area contributed by atoms with E-state index in [-0.39, 0.29) is 5.78 Å². The fourth-order valence-corrected chi connectivity index (χ4v) is 2.18. The Morgan fingerprint density at radius 3 is 2.19 bits per heavy atom. The Morgan fingerprint density at radius 2 is 1.67 bits per heavy atom. The summed E-state index contributed by atoms with van der Waals surface area (Å²) in [5.74, 6) is 0.873. The van der Waals surface area contributed by atoms with E-state index in [1.54, 1.807) is 7.11 Å². The van der Waals surface area contributed by atoms with Gasteiger partial charge in [0.15, 0.2) is 5.78 Å². The van der Waals surface area contributed by atoms with Gasteiger partial charge in [0, 0.05) is 17.8 Å². The molecule has 0 atom stereocenters. The zero-order valence-electron chi connectivity index (χ0n) is 12.8. The van der Waals surface area contributed by atoms with E-state index in [0.29, 0.717) is 12.1 Å². The number of carbonyl (C=O) groups is 1. The molecule has 0 unspecified atom stereocenters. The molecule has 0 aliphatic carbocycles. The summed E-state index contributed by atoms with van der Waals surface area (Å²) >= 11 is 0. The third-order valence-corrected chi connectivity index (χ3v) is 3.53. The highest BCUT2D eigenvalue weighted by atomic mass is 16.5. The molecule has 2 aromatic rings. The summed E-state index contributed by atoms with van der Waals surface area (Å²) in [4.78, 5) is 14.4. The number of ketones is 1. The second-order valence-electron chi connectivity index (χ2n) is 5.00. The van der Waals surface area contributed by atoms with E-state index in [4.69, 9.17) is 4.74 Å². The second kappa shape index (κ2) is 6.93. The summed E-state index contributed by atoms with van der Waals surface area (Å²) in [6.45, 7) is 5.29. The van der Waals surface area contributed by atoms with E-state index in [9.17, 15) is 4.79 Å². The lowest BCUT2D eigenvalue weighted by Gasteiger charge is -2.22. The highest BCUT2D eigenvalue weighted by Gasteiger charge is 2.12. The van der Waals surface area contributed by atoms with Gasteiger partial charge >= 0.3 is 0 Å². The van der Waals surface area contributed by atoms with Crippen LogP contribution in [0.2, 0.25) is 0 Å². The molecular weight excluding hydrogens is 262 g/mol. The number of nitrogens with zero attached hydrogens (tertiary/aromatic N) is 1. The molecule has 3 heteroatoms. The van der Waals surface area contributed by atoms with Crippen LogP contribution in [0.25, 0.3) is 0 Å². The number of ether oxygens (including phenoxy) is 1. The van der Waals surface area contributed by atoms with Gasteiger partial charge < -0.3 is 9.64 Å². The van der Waals surface area contributed by atoms with Crippen LogP contribution >= 0.6 is 0 Å². The van der Waals surface area contributed by atoms with Crippen LogP contribution in [0.3, 0.4) is 0 Å². The molecule has 2 rings (SSSR count). The Bertz CT molecular complexity index is 588. The van der Waals surface area contributed by atoms with Crippen molar-refractivity contribution in [3.05, 3.63) is 59.7 Å². The molecule has 0 radical (unpaired) electrons. The maximum Gasteiger partial charge on any atom is 0.182 e. The van der Waals surface area contributed by atoms with Crippen molar-refractivity contribution in [3.63, 3.8) is 0 Å². The molecular formula is C18H21NO2. The Balaban J connectivity index is 2.10. The molecule has 2 aromatic carbocycles. The van der Waals surface area contributed by atoms with E-state index in [1.807, 2.05) is 24.3 Å². The number of benzene rings is 2. The number of carbonyl (C=O) groups excluding carboxylic acids is 1. The lowest BCUT2D eigenvalue weighted by molar-refractivity contribution is 0.0999.